The maximum Gasteiger partial charge on any atom is 0.145 e. The van der Waals surface area contributed by atoms with Crippen molar-refractivity contribution in [2.24, 2.45) is 10.8 Å². The Hall–Kier alpha value is -1.42. The quantitative estimate of drug-likeness (QED) is 0.334. The molecule has 0 aliphatic heterocycles. The lowest BCUT2D eigenvalue weighted by atomic mass is 10.1. The summed E-state index contributed by atoms with van der Waals surface area (Å²) < 4.78 is 13.6. The molecule has 1 aromatic carbocycles. The van der Waals surface area contributed by atoms with Gasteiger partial charge in [0.25, 0.3) is 0 Å². The van der Waals surface area contributed by atoms with Crippen molar-refractivity contribution in [2.45, 2.75) is 25.8 Å². The molecule has 0 unspecified atom stereocenters. The fourth-order valence-electron chi connectivity index (χ4n) is 1.38. The smallest absolute Gasteiger partial charge is 0.145 e. The average Bonchev–Trinajstić information content (AvgIpc) is 2.99. The molecule has 0 saturated heterocycles. The molecule has 4 heteroatoms. The molecule has 3 N–H and O–H groups in total. The van der Waals surface area contributed by atoms with Crippen LogP contribution in [0.25, 0.3) is 0 Å². The Morgan fingerprint density at radius 3 is 2.80 bits per heavy atom. The predicted molar refractivity (Wildman–Crippen MR) is 58.0 cm³/mol. The van der Waals surface area contributed by atoms with Gasteiger partial charge < -0.3 is 5.43 Å². The Morgan fingerprint density at radius 2 is 2.27 bits per heavy atom. The van der Waals surface area contributed by atoms with Gasteiger partial charge in [0, 0.05) is 0 Å². The number of hydrogen-bond donors (Lipinski definition) is 2. The van der Waals surface area contributed by atoms with Gasteiger partial charge in [0.15, 0.2) is 0 Å². The Bertz CT molecular complexity index is 397. The number of nitrogens with two attached hydrogens (primary N) is 1. The first kappa shape index (κ1) is 10.1. The topological polar surface area (TPSA) is 50.4 Å². The van der Waals surface area contributed by atoms with Gasteiger partial charge in [-0.1, -0.05) is 6.07 Å². The molecule has 0 radical (unpaired) electrons. The van der Waals surface area contributed by atoms with Crippen LogP contribution >= 0.6 is 0 Å². The maximum atomic E-state index is 13.6. The minimum Gasteiger partial charge on any atom is -0.308 e. The van der Waals surface area contributed by atoms with E-state index in [0.29, 0.717) is 17.4 Å². The zero-order chi connectivity index (χ0) is 10.8. The van der Waals surface area contributed by atoms with Crippen LogP contribution in [0, 0.1) is 12.7 Å². The number of halogens is 1. The summed E-state index contributed by atoms with van der Waals surface area (Å²) in [5.74, 6) is 5.50. The zero-order valence-corrected chi connectivity index (χ0v) is 8.63. The lowest BCUT2D eigenvalue weighted by Gasteiger charge is -2.07. The minimum atomic E-state index is -0.285. The molecule has 0 heterocycles. The van der Waals surface area contributed by atoms with Crippen molar-refractivity contribution in [3.8, 4) is 0 Å². The van der Waals surface area contributed by atoms with Crippen LogP contribution in [0.1, 0.15) is 24.0 Å². The van der Waals surface area contributed by atoms with E-state index < -0.39 is 0 Å². The monoisotopic (exact) mass is 207 g/mol. The van der Waals surface area contributed by atoms with Gasteiger partial charge in [-0.15, -0.1) is 0 Å². The van der Waals surface area contributed by atoms with Crippen LogP contribution in [0.3, 0.4) is 0 Å². The van der Waals surface area contributed by atoms with E-state index in [2.05, 4.69) is 10.4 Å². The van der Waals surface area contributed by atoms with Crippen LogP contribution in [-0.4, -0.2) is 11.9 Å². The normalized spacial score (nSPS) is 16.6. The van der Waals surface area contributed by atoms with E-state index in [4.69, 9.17) is 5.84 Å². The molecular formula is C11H14FN3. The average molecular weight is 207 g/mol. The van der Waals surface area contributed by atoms with Crippen molar-refractivity contribution in [1.29, 1.82) is 0 Å². The van der Waals surface area contributed by atoms with E-state index in [1.807, 2.05) is 13.0 Å². The first-order chi connectivity index (χ1) is 7.20. The summed E-state index contributed by atoms with van der Waals surface area (Å²) >= 11 is 0. The van der Waals surface area contributed by atoms with Crippen LogP contribution in [0.5, 0.6) is 0 Å². The molecule has 80 valence electrons. The zero-order valence-electron chi connectivity index (χ0n) is 8.63. The summed E-state index contributed by atoms with van der Waals surface area (Å²) in [4.78, 5) is 4.31. The van der Waals surface area contributed by atoms with E-state index in [1.54, 1.807) is 6.07 Å². The highest BCUT2D eigenvalue weighted by molar-refractivity contribution is 5.98. The molecular weight excluding hydrogens is 193 g/mol. The summed E-state index contributed by atoms with van der Waals surface area (Å²) in [5.41, 5.74) is 3.79. The molecule has 1 aliphatic rings. The third-order valence-electron chi connectivity index (χ3n) is 2.37. The first-order valence-corrected chi connectivity index (χ1v) is 5.01. The van der Waals surface area contributed by atoms with Gasteiger partial charge in [-0.05, 0) is 37.5 Å². The van der Waals surface area contributed by atoms with Crippen molar-refractivity contribution in [3.63, 3.8) is 0 Å². The highest BCUT2D eigenvalue weighted by Gasteiger charge is 2.22. The van der Waals surface area contributed by atoms with Gasteiger partial charge in [-0.25, -0.2) is 10.2 Å². The van der Waals surface area contributed by atoms with Crippen LogP contribution in [0.2, 0.25) is 0 Å². The number of aryl methyl sites for hydroxylation is 1. The van der Waals surface area contributed by atoms with Crippen LogP contribution in [-0.2, 0) is 0 Å². The Morgan fingerprint density at radius 1 is 1.53 bits per heavy atom. The summed E-state index contributed by atoms with van der Waals surface area (Å²) in [6.45, 7) is 1.85. The third-order valence-corrected chi connectivity index (χ3v) is 2.37. The van der Waals surface area contributed by atoms with E-state index in [1.165, 1.54) is 6.07 Å². The van der Waals surface area contributed by atoms with Crippen molar-refractivity contribution >= 4 is 5.84 Å². The number of nitrogens with one attached hydrogen (secondary N) is 1. The number of hydrazine groups is 1. The van der Waals surface area contributed by atoms with Crippen LogP contribution in [0.15, 0.2) is 23.2 Å². The SMILES string of the molecule is Cc1ccc(C(=NC2CC2)NN)c(F)c1. The Kier molecular flexibility index (Phi) is 2.68. The van der Waals surface area contributed by atoms with Gasteiger partial charge in [-0.2, -0.15) is 0 Å². The lowest BCUT2D eigenvalue weighted by Crippen LogP contribution is -2.32. The van der Waals surface area contributed by atoms with E-state index >= 15 is 0 Å². The molecule has 1 saturated carbocycles. The summed E-state index contributed by atoms with van der Waals surface area (Å²) in [6.07, 6.45) is 2.14. The molecule has 0 atom stereocenters. The van der Waals surface area contributed by atoms with Crippen molar-refractivity contribution < 1.29 is 4.39 Å². The molecule has 0 amide bonds. The second-order valence-electron chi connectivity index (χ2n) is 3.84. The van der Waals surface area contributed by atoms with Gasteiger partial charge in [0.2, 0.25) is 0 Å². The molecule has 1 aromatic rings. The molecule has 2 rings (SSSR count). The third kappa shape index (κ3) is 2.33. The molecule has 0 bridgehead atoms. The van der Waals surface area contributed by atoms with Gasteiger partial charge in [-0.3, -0.25) is 4.99 Å². The predicted octanol–water partition coefficient (Wildman–Crippen LogP) is 1.51. The van der Waals surface area contributed by atoms with E-state index in [0.717, 1.165) is 18.4 Å². The second-order valence-corrected chi connectivity index (χ2v) is 3.84. The number of benzene rings is 1. The summed E-state index contributed by atoms with van der Waals surface area (Å²) in [5, 5.41) is 0. The molecule has 0 aromatic heterocycles. The Balaban J connectivity index is 2.33. The van der Waals surface area contributed by atoms with Gasteiger partial charge in [0.05, 0.1) is 11.6 Å². The summed E-state index contributed by atoms with van der Waals surface area (Å²) in [7, 11) is 0. The summed E-state index contributed by atoms with van der Waals surface area (Å²) in [6, 6.07) is 5.34. The highest BCUT2D eigenvalue weighted by Crippen LogP contribution is 2.24. The van der Waals surface area contributed by atoms with Gasteiger partial charge >= 0.3 is 0 Å². The highest BCUT2D eigenvalue weighted by atomic mass is 19.1. The molecule has 1 fully saturated rings. The van der Waals surface area contributed by atoms with Crippen molar-refractivity contribution in [1.82, 2.24) is 5.43 Å². The van der Waals surface area contributed by atoms with E-state index in [-0.39, 0.29) is 5.82 Å². The number of hydrogen-bond acceptors (Lipinski definition) is 2. The largest absolute Gasteiger partial charge is 0.308 e. The first-order valence-electron chi connectivity index (χ1n) is 5.01. The molecule has 0 spiro atoms. The van der Waals surface area contributed by atoms with E-state index in [9.17, 15) is 4.39 Å². The molecule has 1 aliphatic carbocycles. The second kappa shape index (κ2) is 3.98. The van der Waals surface area contributed by atoms with Crippen LogP contribution < -0.4 is 11.3 Å². The maximum absolute atomic E-state index is 13.6. The Labute approximate surface area is 88.2 Å². The fraction of sp³-hybridized carbons (Fsp3) is 0.364. The standard InChI is InChI=1S/C11H14FN3/c1-7-2-5-9(10(12)6-7)11(15-13)14-8-3-4-8/h2,5-6,8H,3-4,13H2,1H3,(H,14,15). The number of amidine groups is 1. The van der Waals surface area contributed by atoms with Gasteiger partial charge in [0.1, 0.15) is 11.7 Å². The van der Waals surface area contributed by atoms with Crippen molar-refractivity contribution in [3.05, 3.63) is 35.1 Å². The number of aliphatic imine (C=N–C) groups is 1. The minimum absolute atomic E-state index is 0.285. The fourth-order valence-corrected chi connectivity index (χ4v) is 1.38. The molecule has 15 heavy (non-hydrogen) atoms. The molecule has 3 nitrogen and oxygen atoms in total. The number of nitrogens with zero attached hydrogens (tertiary/aromatic N) is 1. The number of rotatable bonds is 2. The van der Waals surface area contributed by atoms with Crippen LogP contribution in [0.4, 0.5) is 4.39 Å². The lowest BCUT2D eigenvalue weighted by molar-refractivity contribution is 0.622. The van der Waals surface area contributed by atoms with Crippen molar-refractivity contribution in [2.75, 3.05) is 0 Å².